The summed E-state index contributed by atoms with van der Waals surface area (Å²) in [6, 6.07) is 1.23. The summed E-state index contributed by atoms with van der Waals surface area (Å²) in [5.74, 6) is -2.61. The Hall–Kier alpha value is -1.56. The molecule has 0 saturated heterocycles. The summed E-state index contributed by atoms with van der Waals surface area (Å²) in [7, 11) is 0. The van der Waals surface area contributed by atoms with E-state index in [1.54, 1.807) is 0 Å². The quantitative estimate of drug-likeness (QED) is 0.639. The third kappa shape index (κ3) is 1.68. The highest BCUT2D eigenvalue weighted by Crippen LogP contribution is 2.59. The number of benzene rings is 1. The van der Waals surface area contributed by atoms with Crippen molar-refractivity contribution in [3.8, 4) is 0 Å². The van der Waals surface area contributed by atoms with Crippen LogP contribution in [-0.4, -0.2) is 11.0 Å². The first kappa shape index (κ1) is 11.9. The maximum Gasteiger partial charge on any atom is 0.276 e. The molecule has 4 nitrogen and oxygen atoms in total. The minimum Gasteiger partial charge on any atom is -0.327 e. The van der Waals surface area contributed by atoms with Crippen molar-refractivity contribution in [3.63, 3.8) is 0 Å². The van der Waals surface area contributed by atoms with Crippen LogP contribution in [0, 0.1) is 27.2 Å². The number of hydrogen-bond donors (Lipinski definition) is 1. The summed E-state index contributed by atoms with van der Waals surface area (Å²) in [6.45, 7) is 3.68. The van der Waals surface area contributed by atoms with E-state index in [0.29, 0.717) is 6.07 Å². The maximum atomic E-state index is 13.2. The van der Waals surface area contributed by atoms with Gasteiger partial charge in [-0.2, -0.15) is 0 Å². The van der Waals surface area contributed by atoms with Crippen molar-refractivity contribution in [1.29, 1.82) is 0 Å². The Labute approximate surface area is 96.6 Å². The second-order valence-electron chi connectivity index (χ2n) is 4.91. The fraction of sp³-hybridized carbons (Fsp3) is 0.455. The Morgan fingerprint density at radius 1 is 1.35 bits per heavy atom. The first-order chi connectivity index (χ1) is 7.76. The van der Waals surface area contributed by atoms with E-state index < -0.39 is 22.2 Å². The van der Waals surface area contributed by atoms with Crippen molar-refractivity contribution < 1.29 is 13.7 Å². The van der Waals surface area contributed by atoms with Gasteiger partial charge in [0.2, 0.25) is 0 Å². The summed E-state index contributed by atoms with van der Waals surface area (Å²) in [5.41, 5.74) is 5.24. The number of nitro groups is 1. The average molecular weight is 242 g/mol. The van der Waals surface area contributed by atoms with Gasteiger partial charge in [-0.25, -0.2) is 8.78 Å². The van der Waals surface area contributed by atoms with Crippen LogP contribution in [-0.2, 0) is 0 Å². The molecule has 1 saturated carbocycles. The van der Waals surface area contributed by atoms with Crippen molar-refractivity contribution in [1.82, 2.24) is 0 Å². The zero-order valence-corrected chi connectivity index (χ0v) is 9.41. The van der Waals surface area contributed by atoms with Gasteiger partial charge in [0.1, 0.15) is 0 Å². The topological polar surface area (TPSA) is 69.2 Å². The van der Waals surface area contributed by atoms with Crippen LogP contribution in [0.2, 0.25) is 0 Å². The minimum absolute atomic E-state index is 0.173. The first-order valence-corrected chi connectivity index (χ1v) is 5.15. The smallest absolute Gasteiger partial charge is 0.276 e. The van der Waals surface area contributed by atoms with Crippen LogP contribution < -0.4 is 5.73 Å². The predicted molar refractivity (Wildman–Crippen MR) is 57.5 cm³/mol. The van der Waals surface area contributed by atoms with E-state index in [1.807, 2.05) is 13.8 Å². The lowest BCUT2D eigenvalue weighted by Crippen LogP contribution is -2.07. The van der Waals surface area contributed by atoms with E-state index in [0.717, 1.165) is 6.07 Å². The Morgan fingerprint density at radius 2 is 1.82 bits per heavy atom. The summed E-state index contributed by atoms with van der Waals surface area (Å²) < 4.78 is 26.1. The molecule has 92 valence electrons. The zero-order valence-electron chi connectivity index (χ0n) is 9.41. The first-order valence-electron chi connectivity index (χ1n) is 5.15. The summed E-state index contributed by atoms with van der Waals surface area (Å²) in [4.78, 5) is 10.1. The van der Waals surface area contributed by atoms with E-state index >= 15 is 0 Å². The van der Waals surface area contributed by atoms with Crippen LogP contribution in [0.15, 0.2) is 12.1 Å². The van der Waals surface area contributed by atoms with Gasteiger partial charge in [0, 0.05) is 17.5 Å². The number of halogens is 2. The SMILES string of the molecule is CC1(C)[C@H](N)[C@H]1c1cc(F)c(F)cc1[N+](=O)[O-]. The second kappa shape index (κ2) is 3.46. The van der Waals surface area contributed by atoms with E-state index in [1.165, 1.54) is 0 Å². The molecule has 0 amide bonds. The Kier molecular flexibility index (Phi) is 2.43. The lowest BCUT2D eigenvalue weighted by molar-refractivity contribution is -0.385. The molecule has 1 aliphatic carbocycles. The summed E-state index contributed by atoms with van der Waals surface area (Å²) >= 11 is 0. The van der Waals surface area contributed by atoms with Crippen LogP contribution in [0.3, 0.4) is 0 Å². The molecule has 0 aromatic heterocycles. The fourth-order valence-corrected chi connectivity index (χ4v) is 2.23. The average Bonchev–Trinajstić information content (AvgIpc) is 2.70. The maximum absolute atomic E-state index is 13.2. The predicted octanol–water partition coefficient (Wildman–Crippen LogP) is 2.32. The molecule has 6 heteroatoms. The van der Waals surface area contributed by atoms with Gasteiger partial charge in [0.15, 0.2) is 11.6 Å². The molecular formula is C11H12F2N2O2. The molecule has 2 N–H and O–H groups in total. The number of nitrogens with zero attached hydrogens (tertiary/aromatic N) is 1. The molecule has 0 radical (unpaired) electrons. The molecule has 1 fully saturated rings. The summed E-state index contributed by atoms with van der Waals surface area (Å²) in [5, 5.41) is 10.8. The normalized spacial score (nSPS) is 25.7. The number of hydrogen-bond acceptors (Lipinski definition) is 3. The van der Waals surface area contributed by atoms with E-state index in [-0.39, 0.29) is 22.9 Å². The molecule has 1 aromatic rings. The van der Waals surface area contributed by atoms with Gasteiger partial charge in [-0.05, 0) is 11.5 Å². The van der Waals surface area contributed by atoms with Crippen molar-refractivity contribution in [2.75, 3.05) is 0 Å². The molecule has 0 bridgehead atoms. The molecular weight excluding hydrogens is 230 g/mol. The number of rotatable bonds is 2. The Bertz CT molecular complexity index is 502. The van der Waals surface area contributed by atoms with E-state index in [2.05, 4.69) is 0 Å². The summed E-state index contributed by atoms with van der Waals surface area (Å²) in [6.07, 6.45) is 0. The fourth-order valence-electron chi connectivity index (χ4n) is 2.23. The molecule has 0 spiro atoms. The highest BCUT2D eigenvalue weighted by atomic mass is 19.2. The molecule has 1 aromatic carbocycles. The van der Waals surface area contributed by atoms with Crippen molar-refractivity contribution in [3.05, 3.63) is 39.4 Å². The molecule has 2 atom stereocenters. The van der Waals surface area contributed by atoms with Gasteiger partial charge in [0.05, 0.1) is 11.0 Å². The molecule has 1 aliphatic rings. The zero-order chi connectivity index (χ0) is 13.0. The number of nitrogens with two attached hydrogens (primary N) is 1. The van der Waals surface area contributed by atoms with Crippen LogP contribution in [0.4, 0.5) is 14.5 Å². The van der Waals surface area contributed by atoms with E-state index in [4.69, 9.17) is 5.73 Å². The van der Waals surface area contributed by atoms with Crippen molar-refractivity contribution in [2.24, 2.45) is 11.1 Å². The molecule has 17 heavy (non-hydrogen) atoms. The van der Waals surface area contributed by atoms with Gasteiger partial charge in [-0.1, -0.05) is 13.8 Å². The van der Waals surface area contributed by atoms with Crippen molar-refractivity contribution >= 4 is 5.69 Å². The number of nitro benzene ring substituents is 1. The standard InChI is InChI=1S/C11H12F2N2O2/c1-11(2)9(10(11)14)5-3-6(12)7(13)4-8(5)15(16)17/h3-4,9-10H,14H2,1-2H3/t9-,10-/m1/s1. The highest BCUT2D eigenvalue weighted by Gasteiger charge is 2.58. The van der Waals surface area contributed by atoms with Gasteiger partial charge in [-0.15, -0.1) is 0 Å². The molecule has 0 heterocycles. The van der Waals surface area contributed by atoms with Gasteiger partial charge >= 0.3 is 0 Å². The van der Waals surface area contributed by atoms with Gasteiger partial charge in [0.25, 0.3) is 5.69 Å². The second-order valence-corrected chi connectivity index (χ2v) is 4.91. The van der Waals surface area contributed by atoms with Crippen LogP contribution >= 0.6 is 0 Å². The lowest BCUT2D eigenvalue weighted by Gasteiger charge is -2.05. The molecule has 0 aliphatic heterocycles. The molecule has 0 unspecified atom stereocenters. The monoisotopic (exact) mass is 242 g/mol. The minimum atomic E-state index is -1.22. The highest BCUT2D eigenvalue weighted by molar-refractivity contribution is 5.49. The lowest BCUT2D eigenvalue weighted by atomic mass is 10.0. The Balaban J connectivity index is 2.54. The van der Waals surface area contributed by atoms with Crippen molar-refractivity contribution in [2.45, 2.75) is 25.8 Å². The van der Waals surface area contributed by atoms with Crippen LogP contribution in [0.5, 0.6) is 0 Å². The van der Waals surface area contributed by atoms with Crippen LogP contribution in [0.1, 0.15) is 25.3 Å². The molecule has 2 rings (SSSR count). The van der Waals surface area contributed by atoms with Gasteiger partial charge in [-0.3, -0.25) is 10.1 Å². The van der Waals surface area contributed by atoms with Gasteiger partial charge < -0.3 is 5.73 Å². The van der Waals surface area contributed by atoms with Crippen LogP contribution in [0.25, 0.3) is 0 Å². The Morgan fingerprint density at radius 3 is 2.24 bits per heavy atom. The van der Waals surface area contributed by atoms with E-state index in [9.17, 15) is 18.9 Å². The third-order valence-electron chi connectivity index (χ3n) is 3.51. The third-order valence-corrected chi connectivity index (χ3v) is 3.51. The largest absolute Gasteiger partial charge is 0.327 e.